The summed E-state index contributed by atoms with van der Waals surface area (Å²) in [6.07, 6.45) is 0. The Morgan fingerprint density at radius 1 is 0.900 bits per heavy atom. The van der Waals surface area contributed by atoms with E-state index in [1.54, 1.807) is 72.8 Å². The Labute approximate surface area is 242 Å². The summed E-state index contributed by atoms with van der Waals surface area (Å²) in [5.74, 6) is -0.196. The minimum atomic E-state index is -3.88. The zero-order valence-corrected chi connectivity index (χ0v) is 25.1. The molecular weight excluding hydrogens is 540 g/mol. The van der Waals surface area contributed by atoms with Gasteiger partial charge in [0.25, 0.3) is 15.9 Å². The number of carbonyl (C=O) groups is 1. The first-order valence-electron chi connectivity index (χ1n) is 13.2. The lowest BCUT2D eigenvalue weighted by Gasteiger charge is -2.26. The summed E-state index contributed by atoms with van der Waals surface area (Å²) in [7, 11) is -3.88. The van der Waals surface area contributed by atoms with E-state index in [-0.39, 0.29) is 28.8 Å². The fourth-order valence-corrected chi connectivity index (χ4v) is 6.13. The summed E-state index contributed by atoms with van der Waals surface area (Å²) in [5, 5.41) is 3.50. The fourth-order valence-electron chi connectivity index (χ4n) is 4.43. The van der Waals surface area contributed by atoms with Gasteiger partial charge in [-0.15, -0.1) is 0 Å². The summed E-state index contributed by atoms with van der Waals surface area (Å²) in [6, 6.07) is 28.7. The lowest BCUT2D eigenvalue weighted by atomic mass is 9.86. The second kappa shape index (κ2) is 11.9. The summed E-state index contributed by atoms with van der Waals surface area (Å²) < 4.78 is 28.8. The molecule has 4 aromatic carbocycles. The number of hydrogen-bond donors (Lipinski definition) is 1. The highest BCUT2D eigenvalue weighted by molar-refractivity contribution is 7.92. The maximum Gasteiger partial charge on any atom is 0.264 e. The van der Waals surface area contributed by atoms with Gasteiger partial charge in [-0.25, -0.2) is 8.42 Å². The van der Waals surface area contributed by atoms with Gasteiger partial charge in [0.2, 0.25) is 0 Å². The van der Waals surface area contributed by atoms with Gasteiger partial charge < -0.3 is 5.32 Å². The number of rotatable bonds is 8. The van der Waals surface area contributed by atoms with E-state index in [0.29, 0.717) is 16.3 Å². The molecule has 0 radical (unpaired) electrons. The molecular formula is C33H35ClN2O3S. The minimum Gasteiger partial charge on any atom is -0.346 e. The Morgan fingerprint density at radius 2 is 1.52 bits per heavy atom. The van der Waals surface area contributed by atoms with Crippen LogP contribution < -0.4 is 9.62 Å². The molecule has 0 aliphatic heterocycles. The lowest BCUT2D eigenvalue weighted by molar-refractivity contribution is 0.0940. The number of halogens is 1. The van der Waals surface area contributed by atoms with Crippen LogP contribution in [0.5, 0.6) is 0 Å². The average Bonchev–Trinajstić information content (AvgIpc) is 2.93. The van der Waals surface area contributed by atoms with Gasteiger partial charge in [-0.05, 0) is 77.9 Å². The van der Waals surface area contributed by atoms with Crippen LogP contribution in [0.1, 0.15) is 66.3 Å². The first-order chi connectivity index (χ1) is 18.9. The molecule has 0 aliphatic carbocycles. The Hall–Kier alpha value is -3.61. The number of nitrogens with one attached hydrogen (secondary N) is 1. The van der Waals surface area contributed by atoms with Crippen LogP contribution in [-0.2, 0) is 22.0 Å². The summed E-state index contributed by atoms with van der Waals surface area (Å²) in [6.45, 7) is 10.4. The van der Waals surface area contributed by atoms with Crippen LogP contribution >= 0.6 is 11.6 Å². The third kappa shape index (κ3) is 6.75. The molecule has 1 atom stereocenters. The highest BCUT2D eigenvalue weighted by atomic mass is 35.5. The quantitative estimate of drug-likeness (QED) is 0.233. The predicted molar refractivity (Wildman–Crippen MR) is 163 cm³/mol. The Balaban J connectivity index is 1.54. The molecule has 40 heavy (non-hydrogen) atoms. The number of hydrogen-bond acceptors (Lipinski definition) is 3. The van der Waals surface area contributed by atoms with Gasteiger partial charge in [-0.1, -0.05) is 93.0 Å². The first-order valence-corrected chi connectivity index (χ1v) is 15.0. The van der Waals surface area contributed by atoms with E-state index in [4.69, 9.17) is 11.6 Å². The van der Waals surface area contributed by atoms with Crippen molar-refractivity contribution < 1.29 is 13.2 Å². The van der Waals surface area contributed by atoms with E-state index in [1.807, 2.05) is 26.0 Å². The summed E-state index contributed by atoms with van der Waals surface area (Å²) >= 11 is 6.26. The van der Waals surface area contributed by atoms with Crippen molar-refractivity contribution in [1.82, 2.24) is 5.32 Å². The standard InChI is InChI=1S/C33H35ClN2O3S/c1-23-11-20-29(34)21-31(23)36(40(38,39)30-9-7-6-8-10-30)22-25-12-14-27(15-13-25)32(37)35-24(2)26-16-18-28(19-17-26)33(3,4)5/h6-21,24H,22H2,1-5H3,(H,35,37)/t24-/m0/s1. The molecule has 0 aromatic heterocycles. The number of benzene rings is 4. The molecule has 5 nitrogen and oxygen atoms in total. The van der Waals surface area contributed by atoms with Crippen LogP contribution in [0.25, 0.3) is 0 Å². The van der Waals surface area contributed by atoms with Crippen LogP contribution in [-0.4, -0.2) is 14.3 Å². The molecule has 0 bridgehead atoms. The topological polar surface area (TPSA) is 66.5 Å². The number of sulfonamides is 1. The lowest BCUT2D eigenvalue weighted by Crippen LogP contribution is -2.31. The van der Waals surface area contributed by atoms with E-state index in [0.717, 1.165) is 16.7 Å². The average molecular weight is 575 g/mol. The Morgan fingerprint density at radius 3 is 2.12 bits per heavy atom. The summed E-state index contributed by atoms with van der Waals surface area (Å²) in [5.41, 5.74) is 4.85. The number of nitrogens with zero attached hydrogens (tertiary/aromatic N) is 1. The number of anilines is 1. The van der Waals surface area contributed by atoms with E-state index in [2.05, 4.69) is 38.2 Å². The van der Waals surface area contributed by atoms with Crippen LogP contribution in [0.4, 0.5) is 5.69 Å². The zero-order chi connectivity index (χ0) is 29.1. The molecule has 0 saturated heterocycles. The fraction of sp³-hybridized carbons (Fsp3) is 0.242. The van der Waals surface area contributed by atoms with Gasteiger partial charge in [0.1, 0.15) is 0 Å². The highest BCUT2D eigenvalue weighted by Crippen LogP contribution is 2.31. The van der Waals surface area contributed by atoms with Crippen molar-refractivity contribution in [3.8, 4) is 0 Å². The molecule has 0 aliphatic rings. The smallest absolute Gasteiger partial charge is 0.264 e. The Bertz CT molecular complexity index is 1580. The van der Waals surface area contributed by atoms with Crippen molar-refractivity contribution in [2.24, 2.45) is 0 Å². The van der Waals surface area contributed by atoms with Gasteiger partial charge in [-0.2, -0.15) is 0 Å². The van der Waals surface area contributed by atoms with Crippen molar-refractivity contribution in [3.05, 3.63) is 130 Å². The third-order valence-electron chi connectivity index (χ3n) is 6.94. The van der Waals surface area contributed by atoms with Gasteiger partial charge in [-0.3, -0.25) is 9.10 Å². The molecule has 1 amide bonds. The van der Waals surface area contributed by atoms with Crippen molar-refractivity contribution >= 4 is 33.2 Å². The van der Waals surface area contributed by atoms with Crippen molar-refractivity contribution in [2.75, 3.05) is 4.31 Å². The van der Waals surface area contributed by atoms with Crippen LogP contribution in [0.3, 0.4) is 0 Å². The largest absolute Gasteiger partial charge is 0.346 e. The monoisotopic (exact) mass is 574 g/mol. The molecule has 208 valence electrons. The van der Waals surface area contributed by atoms with Crippen LogP contribution in [0, 0.1) is 6.92 Å². The molecule has 4 aromatic rings. The predicted octanol–water partition coefficient (Wildman–Crippen LogP) is 7.83. The van der Waals surface area contributed by atoms with Crippen LogP contribution in [0.15, 0.2) is 102 Å². The first kappa shape index (κ1) is 29.4. The third-order valence-corrected chi connectivity index (χ3v) is 8.95. The molecule has 1 N–H and O–H groups in total. The SMILES string of the molecule is Cc1ccc(Cl)cc1N(Cc1ccc(C(=O)N[C@@H](C)c2ccc(C(C)(C)C)cc2)cc1)S(=O)(=O)c1ccccc1. The maximum absolute atomic E-state index is 13.7. The van der Waals surface area contributed by atoms with Gasteiger partial charge in [0, 0.05) is 10.6 Å². The van der Waals surface area contributed by atoms with Crippen LogP contribution in [0.2, 0.25) is 5.02 Å². The van der Waals surface area contributed by atoms with Gasteiger partial charge >= 0.3 is 0 Å². The highest BCUT2D eigenvalue weighted by Gasteiger charge is 2.27. The van der Waals surface area contributed by atoms with Crippen molar-refractivity contribution in [3.63, 3.8) is 0 Å². The number of aryl methyl sites for hydroxylation is 1. The normalized spacial score (nSPS) is 12.6. The van der Waals surface area contributed by atoms with E-state index < -0.39 is 10.0 Å². The van der Waals surface area contributed by atoms with Gasteiger partial charge in [0.15, 0.2) is 0 Å². The molecule has 0 unspecified atom stereocenters. The molecule has 0 saturated carbocycles. The zero-order valence-electron chi connectivity index (χ0n) is 23.5. The van der Waals surface area contributed by atoms with E-state index >= 15 is 0 Å². The van der Waals surface area contributed by atoms with E-state index in [9.17, 15) is 13.2 Å². The van der Waals surface area contributed by atoms with E-state index in [1.165, 1.54) is 9.87 Å². The molecule has 7 heteroatoms. The molecule has 0 fully saturated rings. The number of carbonyl (C=O) groups excluding carboxylic acids is 1. The molecule has 0 spiro atoms. The van der Waals surface area contributed by atoms with Crippen molar-refractivity contribution in [2.45, 2.75) is 57.5 Å². The Kier molecular flexibility index (Phi) is 8.71. The molecule has 0 heterocycles. The van der Waals surface area contributed by atoms with Crippen molar-refractivity contribution in [1.29, 1.82) is 0 Å². The summed E-state index contributed by atoms with van der Waals surface area (Å²) in [4.78, 5) is 13.2. The number of amides is 1. The maximum atomic E-state index is 13.7. The van der Waals surface area contributed by atoms with Gasteiger partial charge in [0.05, 0.1) is 23.2 Å². The molecule has 4 rings (SSSR count). The second-order valence-corrected chi connectivity index (χ2v) is 13.3. The minimum absolute atomic E-state index is 0.0637. The second-order valence-electron chi connectivity index (χ2n) is 11.0.